The molecule has 0 bridgehead atoms. The monoisotopic (exact) mass is 333 g/mol. The van der Waals surface area contributed by atoms with E-state index < -0.39 is 0 Å². The quantitative estimate of drug-likeness (QED) is 0.896. The van der Waals surface area contributed by atoms with Crippen LogP contribution in [-0.2, 0) is 6.54 Å². The molecule has 1 fully saturated rings. The molecule has 0 saturated carbocycles. The number of hydrogen-bond donors (Lipinski definition) is 1. The van der Waals surface area contributed by atoms with Crippen molar-refractivity contribution in [3.05, 3.63) is 26.9 Å². The zero-order chi connectivity index (χ0) is 10.7. The minimum absolute atomic E-state index is 0.926. The topological polar surface area (TPSA) is 28.2 Å². The molecule has 1 aromatic heterocycles. The molecule has 0 aliphatic carbocycles. The summed E-state index contributed by atoms with van der Waals surface area (Å²) in [5.74, 6) is 0. The molecule has 1 aliphatic rings. The van der Waals surface area contributed by atoms with E-state index in [-0.39, 0.29) is 0 Å². The largest absolute Gasteiger partial charge is 0.314 e. The molecule has 0 unspecified atom stereocenters. The van der Waals surface area contributed by atoms with Crippen LogP contribution in [0.25, 0.3) is 0 Å². The van der Waals surface area contributed by atoms with Gasteiger partial charge in [-0.3, -0.25) is 9.88 Å². The van der Waals surface area contributed by atoms with Gasteiger partial charge in [-0.05, 0) is 37.9 Å². The summed E-state index contributed by atoms with van der Waals surface area (Å²) in [5.41, 5.74) is 1.11. The van der Waals surface area contributed by atoms with Crippen LogP contribution in [0.5, 0.6) is 0 Å². The molecule has 1 aromatic rings. The molecule has 0 amide bonds. The number of hydrogen-bond acceptors (Lipinski definition) is 3. The van der Waals surface area contributed by atoms with E-state index in [1.165, 1.54) is 0 Å². The fraction of sp³-hybridized carbons (Fsp3) is 0.500. The van der Waals surface area contributed by atoms with Gasteiger partial charge in [0, 0.05) is 47.9 Å². The maximum atomic E-state index is 4.42. The Morgan fingerprint density at radius 3 is 2.73 bits per heavy atom. The van der Waals surface area contributed by atoms with Crippen molar-refractivity contribution in [1.29, 1.82) is 0 Å². The molecular formula is C10H13Br2N3. The molecule has 0 aromatic carbocycles. The number of piperazine rings is 1. The van der Waals surface area contributed by atoms with E-state index in [1.807, 2.05) is 12.3 Å². The number of rotatable bonds is 2. The first-order chi connectivity index (χ1) is 7.25. The zero-order valence-corrected chi connectivity index (χ0v) is 11.5. The van der Waals surface area contributed by atoms with Gasteiger partial charge in [-0.25, -0.2) is 0 Å². The van der Waals surface area contributed by atoms with Crippen LogP contribution in [0.2, 0.25) is 0 Å². The Labute approximate surface area is 107 Å². The first-order valence-electron chi connectivity index (χ1n) is 4.99. The molecule has 0 spiro atoms. The van der Waals surface area contributed by atoms with Crippen LogP contribution in [0.3, 0.4) is 0 Å². The molecule has 82 valence electrons. The fourth-order valence-electron chi connectivity index (χ4n) is 1.64. The summed E-state index contributed by atoms with van der Waals surface area (Å²) in [6, 6.07) is 2.05. The molecular weight excluding hydrogens is 322 g/mol. The summed E-state index contributed by atoms with van der Waals surface area (Å²) >= 11 is 6.94. The molecule has 1 saturated heterocycles. The van der Waals surface area contributed by atoms with Crippen LogP contribution in [0.4, 0.5) is 0 Å². The van der Waals surface area contributed by atoms with Crippen molar-refractivity contribution < 1.29 is 0 Å². The molecule has 1 aliphatic heterocycles. The molecule has 1 N–H and O–H groups in total. The number of nitrogens with zero attached hydrogens (tertiary/aromatic N) is 2. The number of pyridine rings is 1. The highest BCUT2D eigenvalue weighted by molar-refractivity contribution is 9.11. The lowest BCUT2D eigenvalue weighted by Gasteiger charge is -2.27. The van der Waals surface area contributed by atoms with Gasteiger partial charge in [0.15, 0.2) is 0 Å². The Morgan fingerprint density at radius 1 is 1.33 bits per heavy atom. The second-order valence-corrected chi connectivity index (χ2v) is 5.38. The lowest BCUT2D eigenvalue weighted by Crippen LogP contribution is -2.43. The van der Waals surface area contributed by atoms with E-state index in [4.69, 9.17) is 0 Å². The van der Waals surface area contributed by atoms with E-state index >= 15 is 0 Å². The third-order valence-electron chi connectivity index (χ3n) is 2.47. The van der Waals surface area contributed by atoms with Crippen molar-refractivity contribution >= 4 is 31.9 Å². The molecule has 15 heavy (non-hydrogen) atoms. The van der Waals surface area contributed by atoms with Gasteiger partial charge in [-0.1, -0.05) is 0 Å². The van der Waals surface area contributed by atoms with Crippen LogP contribution >= 0.6 is 31.9 Å². The van der Waals surface area contributed by atoms with Crippen molar-refractivity contribution in [1.82, 2.24) is 15.2 Å². The summed E-state index contributed by atoms with van der Waals surface area (Å²) in [5, 5.41) is 3.34. The van der Waals surface area contributed by atoms with Gasteiger partial charge in [0.25, 0.3) is 0 Å². The predicted molar refractivity (Wildman–Crippen MR) is 67.8 cm³/mol. The van der Waals surface area contributed by atoms with Crippen molar-refractivity contribution in [3.8, 4) is 0 Å². The molecule has 0 radical (unpaired) electrons. The second kappa shape index (κ2) is 5.39. The minimum atomic E-state index is 0.926. The van der Waals surface area contributed by atoms with Gasteiger partial charge < -0.3 is 5.32 Å². The Bertz CT molecular complexity index is 337. The van der Waals surface area contributed by atoms with Crippen LogP contribution < -0.4 is 5.32 Å². The molecule has 0 atom stereocenters. The summed E-state index contributed by atoms with van der Waals surface area (Å²) in [7, 11) is 0. The highest BCUT2D eigenvalue weighted by Gasteiger charge is 2.12. The van der Waals surface area contributed by atoms with Crippen molar-refractivity contribution in [3.63, 3.8) is 0 Å². The van der Waals surface area contributed by atoms with E-state index in [0.29, 0.717) is 0 Å². The zero-order valence-electron chi connectivity index (χ0n) is 8.34. The van der Waals surface area contributed by atoms with Crippen LogP contribution in [-0.4, -0.2) is 36.1 Å². The predicted octanol–water partition coefficient (Wildman–Crippen LogP) is 2.01. The number of aromatic nitrogens is 1. The Morgan fingerprint density at radius 2 is 2.07 bits per heavy atom. The maximum absolute atomic E-state index is 4.42. The summed E-state index contributed by atoms with van der Waals surface area (Å²) in [4.78, 5) is 6.83. The third-order valence-corrected chi connectivity index (χ3v) is 3.59. The summed E-state index contributed by atoms with van der Waals surface area (Å²) in [6.45, 7) is 5.28. The lowest BCUT2D eigenvalue weighted by molar-refractivity contribution is 0.230. The van der Waals surface area contributed by atoms with Gasteiger partial charge >= 0.3 is 0 Å². The second-order valence-electron chi connectivity index (χ2n) is 3.61. The average Bonchev–Trinajstić information content (AvgIpc) is 2.24. The Hall–Kier alpha value is 0.0300. The van der Waals surface area contributed by atoms with Crippen LogP contribution in [0.15, 0.2) is 21.2 Å². The van der Waals surface area contributed by atoms with Gasteiger partial charge in [0.05, 0.1) is 5.69 Å². The molecule has 5 heteroatoms. The summed E-state index contributed by atoms with van der Waals surface area (Å²) < 4.78 is 2.09. The molecule has 3 nitrogen and oxygen atoms in total. The maximum Gasteiger partial charge on any atom is 0.0686 e. The lowest BCUT2D eigenvalue weighted by atomic mass is 10.3. The van der Waals surface area contributed by atoms with Crippen LogP contribution in [0, 0.1) is 0 Å². The first-order valence-corrected chi connectivity index (χ1v) is 6.57. The SMILES string of the molecule is Brc1cnc(CN2CCNCC2)c(Br)c1. The van der Waals surface area contributed by atoms with Gasteiger partial charge in [0.1, 0.15) is 0 Å². The van der Waals surface area contributed by atoms with Crippen molar-refractivity contribution in [2.45, 2.75) is 6.54 Å². The van der Waals surface area contributed by atoms with Crippen molar-refractivity contribution in [2.75, 3.05) is 26.2 Å². The number of halogens is 2. The van der Waals surface area contributed by atoms with Gasteiger partial charge in [-0.2, -0.15) is 0 Å². The third kappa shape index (κ3) is 3.24. The smallest absolute Gasteiger partial charge is 0.0686 e. The van der Waals surface area contributed by atoms with Gasteiger partial charge in [0.2, 0.25) is 0 Å². The molecule has 2 heterocycles. The van der Waals surface area contributed by atoms with Gasteiger partial charge in [-0.15, -0.1) is 0 Å². The average molecular weight is 335 g/mol. The highest BCUT2D eigenvalue weighted by Crippen LogP contribution is 2.20. The number of nitrogens with one attached hydrogen (secondary N) is 1. The van der Waals surface area contributed by atoms with E-state index in [1.54, 1.807) is 0 Å². The summed E-state index contributed by atoms with van der Waals surface area (Å²) in [6.07, 6.45) is 1.85. The van der Waals surface area contributed by atoms with Crippen molar-refractivity contribution in [2.24, 2.45) is 0 Å². The standard InChI is InChI=1S/C10H13Br2N3/c11-8-5-9(12)10(14-6-8)7-15-3-1-13-2-4-15/h5-6,13H,1-4,7H2. The normalized spacial score (nSPS) is 18.0. The molecule has 2 rings (SSSR count). The fourth-order valence-corrected chi connectivity index (χ4v) is 2.75. The van der Waals surface area contributed by atoms with E-state index in [2.05, 4.69) is 47.1 Å². The van der Waals surface area contributed by atoms with E-state index in [9.17, 15) is 0 Å². The van der Waals surface area contributed by atoms with Crippen LogP contribution in [0.1, 0.15) is 5.69 Å². The minimum Gasteiger partial charge on any atom is -0.314 e. The first kappa shape index (κ1) is 11.5. The Kier molecular flexibility index (Phi) is 4.13. The Balaban J connectivity index is 2.03. The highest BCUT2D eigenvalue weighted by atomic mass is 79.9. The van der Waals surface area contributed by atoms with E-state index in [0.717, 1.165) is 47.4 Å².